The first-order valence-corrected chi connectivity index (χ1v) is 11.2. The fourth-order valence-corrected chi connectivity index (χ4v) is 4.05. The van der Waals surface area contributed by atoms with Gasteiger partial charge in [-0.2, -0.15) is 0 Å². The number of hydrogen-bond acceptors (Lipinski definition) is 5. The molecule has 0 bridgehead atoms. The Bertz CT molecular complexity index is 1220. The highest BCUT2D eigenvalue weighted by Crippen LogP contribution is 2.35. The molecule has 0 spiro atoms. The Kier molecular flexibility index (Phi) is 6.82. The Hall–Kier alpha value is -4.26. The molecule has 1 N–H and O–H groups in total. The summed E-state index contributed by atoms with van der Waals surface area (Å²) in [6.07, 6.45) is 4.20. The Morgan fingerprint density at radius 3 is 2.24 bits per heavy atom. The van der Waals surface area contributed by atoms with E-state index in [0.29, 0.717) is 47.7 Å². The average Bonchev–Trinajstić information content (AvgIpc) is 3.11. The van der Waals surface area contributed by atoms with E-state index >= 15 is 0 Å². The highest BCUT2D eigenvalue weighted by atomic mass is 16.2. The molecule has 0 fully saturated rings. The van der Waals surface area contributed by atoms with Crippen molar-refractivity contribution in [3.63, 3.8) is 0 Å². The fraction of sp³-hybridized carbons (Fsp3) is 0.185. The van der Waals surface area contributed by atoms with Crippen LogP contribution in [-0.4, -0.2) is 40.7 Å². The third-order valence-electron chi connectivity index (χ3n) is 5.69. The summed E-state index contributed by atoms with van der Waals surface area (Å²) in [5, 5.41) is 2.73. The molecule has 7 heteroatoms. The van der Waals surface area contributed by atoms with Crippen molar-refractivity contribution in [3.8, 4) is 0 Å². The third-order valence-corrected chi connectivity index (χ3v) is 5.69. The molecule has 1 aliphatic rings. The van der Waals surface area contributed by atoms with Crippen LogP contribution in [0, 0.1) is 0 Å². The number of carbonyl (C=O) groups excluding carboxylic acids is 3. The molecule has 0 saturated carbocycles. The molecule has 0 saturated heterocycles. The minimum atomic E-state index is -0.360. The summed E-state index contributed by atoms with van der Waals surface area (Å²) in [5.41, 5.74) is 3.64. The van der Waals surface area contributed by atoms with Crippen LogP contribution in [-0.2, 0) is 20.8 Å². The zero-order valence-corrected chi connectivity index (χ0v) is 19.2. The normalized spacial score (nSPS) is 13.4. The van der Waals surface area contributed by atoms with Crippen LogP contribution in [0.3, 0.4) is 0 Å². The molecule has 1 aromatic heterocycles. The number of imide groups is 1. The van der Waals surface area contributed by atoms with Gasteiger partial charge >= 0.3 is 0 Å². The maximum absolute atomic E-state index is 13.7. The van der Waals surface area contributed by atoms with Crippen LogP contribution < -0.4 is 10.2 Å². The highest BCUT2D eigenvalue weighted by Gasteiger charge is 2.42. The predicted molar refractivity (Wildman–Crippen MR) is 132 cm³/mol. The summed E-state index contributed by atoms with van der Waals surface area (Å²) in [6, 6.07) is 19.8. The molecule has 0 aliphatic carbocycles. The second kappa shape index (κ2) is 10.1. The monoisotopic (exact) mass is 454 g/mol. The smallest absolute Gasteiger partial charge is 0.282 e. The van der Waals surface area contributed by atoms with Gasteiger partial charge in [-0.1, -0.05) is 30.3 Å². The molecule has 34 heavy (non-hydrogen) atoms. The van der Waals surface area contributed by atoms with Crippen molar-refractivity contribution in [2.45, 2.75) is 20.3 Å². The quantitative estimate of drug-likeness (QED) is 0.522. The fourth-order valence-electron chi connectivity index (χ4n) is 4.05. The lowest BCUT2D eigenvalue weighted by atomic mass is 10.0. The first-order chi connectivity index (χ1) is 16.5. The number of hydrogen-bond donors (Lipinski definition) is 1. The number of carbonyl (C=O) groups is 3. The number of likely N-dealkylation sites (N-methyl/N-ethyl adjacent to an activating group) is 1. The van der Waals surface area contributed by atoms with Gasteiger partial charge in [0.15, 0.2) is 0 Å². The molecule has 2 heterocycles. The largest absolute Gasteiger partial charge is 0.366 e. The lowest BCUT2D eigenvalue weighted by Crippen LogP contribution is -2.36. The van der Waals surface area contributed by atoms with E-state index in [2.05, 4.69) is 10.3 Å². The molecule has 0 unspecified atom stereocenters. The summed E-state index contributed by atoms with van der Waals surface area (Å²) in [4.78, 5) is 45.9. The summed E-state index contributed by atoms with van der Waals surface area (Å²) in [7, 11) is 0. The minimum Gasteiger partial charge on any atom is -0.366 e. The number of aromatic nitrogens is 1. The number of amides is 3. The van der Waals surface area contributed by atoms with Crippen molar-refractivity contribution in [1.82, 2.24) is 9.88 Å². The van der Waals surface area contributed by atoms with E-state index in [1.54, 1.807) is 60.9 Å². The summed E-state index contributed by atoms with van der Waals surface area (Å²) in [6.45, 7) is 4.55. The summed E-state index contributed by atoms with van der Waals surface area (Å²) < 4.78 is 0. The number of pyridine rings is 1. The number of nitrogens with one attached hydrogen (secondary N) is 1. The van der Waals surface area contributed by atoms with E-state index < -0.39 is 0 Å². The zero-order chi connectivity index (χ0) is 24.1. The van der Waals surface area contributed by atoms with Crippen molar-refractivity contribution in [1.29, 1.82) is 0 Å². The second-order valence-electron chi connectivity index (χ2n) is 7.95. The van der Waals surface area contributed by atoms with Gasteiger partial charge in [-0.05, 0) is 60.9 Å². The second-order valence-corrected chi connectivity index (χ2v) is 7.95. The van der Waals surface area contributed by atoms with Crippen LogP contribution in [0.5, 0.6) is 0 Å². The molecule has 3 amide bonds. The lowest BCUT2D eigenvalue weighted by Gasteiger charge is -2.25. The summed E-state index contributed by atoms with van der Waals surface area (Å²) in [5.74, 6) is -0.877. The average molecular weight is 455 g/mol. The predicted octanol–water partition coefficient (Wildman–Crippen LogP) is 3.89. The Morgan fingerprint density at radius 1 is 0.941 bits per heavy atom. The van der Waals surface area contributed by atoms with Crippen LogP contribution in [0.4, 0.5) is 11.4 Å². The van der Waals surface area contributed by atoms with Crippen LogP contribution in [0.2, 0.25) is 0 Å². The van der Waals surface area contributed by atoms with Gasteiger partial charge in [-0.3, -0.25) is 19.4 Å². The number of para-hydroxylation sites is 1. The van der Waals surface area contributed by atoms with Crippen LogP contribution in [0.15, 0.2) is 84.8 Å². The molecule has 0 atom stereocenters. The molecule has 3 aromatic rings. The lowest BCUT2D eigenvalue weighted by molar-refractivity contribution is -0.121. The molecule has 1 aliphatic heterocycles. The Morgan fingerprint density at radius 2 is 1.62 bits per heavy atom. The molecular weight excluding hydrogens is 428 g/mol. The number of rotatable bonds is 8. The standard InChI is InChI=1S/C27H26N4O3/c1-3-30(18-15-20-13-16-28-17-14-20)25-24(21-9-11-22(12-10-21)29-19(2)32)26(33)31(27(25)34)23-7-5-4-6-8-23/h4-14,16-17H,3,15,18H2,1-2H3,(H,29,32). The van der Waals surface area contributed by atoms with Gasteiger partial charge in [0.1, 0.15) is 5.70 Å². The van der Waals surface area contributed by atoms with Gasteiger partial charge in [-0.25, -0.2) is 4.90 Å². The molecular formula is C27H26N4O3. The van der Waals surface area contributed by atoms with Crippen molar-refractivity contribution >= 4 is 34.7 Å². The van der Waals surface area contributed by atoms with Gasteiger partial charge in [-0.15, -0.1) is 0 Å². The van der Waals surface area contributed by atoms with Gasteiger partial charge in [0.2, 0.25) is 5.91 Å². The molecule has 172 valence electrons. The minimum absolute atomic E-state index is 0.178. The summed E-state index contributed by atoms with van der Waals surface area (Å²) >= 11 is 0. The van der Waals surface area contributed by atoms with E-state index in [-0.39, 0.29) is 17.7 Å². The zero-order valence-electron chi connectivity index (χ0n) is 19.2. The van der Waals surface area contributed by atoms with E-state index in [4.69, 9.17) is 0 Å². The van der Waals surface area contributed by atoms with Crippen molar-refractivity contribution in [2.75, 3.05) is 23.3 Å². The topological polar surface area (TPSA) is 82.6 Å². The van der Waals surface area contributed by atoms with Crippen LogP contribution >= 0.6 is 0 Å². The van der Waals surface area contributed by atoms with Gasteiger partial charge in [0, 0.05) is 38.1 Å². The van der Waals surface area contributed by atoms with Crippen LogP contribution in [0.1, 0.15) is 25.0 Å². The van der Waals surface area contributed by atoms with Crippen LogP contribution in [0.25, 0.3) is 5.57 Å². The molecule has 0 radical (unpaired) electrons. The van der Waals surface area contributed by atoms with E-state index in [1.807, 2.05) is 30.0 Å². The third kappa shape index (κ3) is 4.73. The van der Waals surface area contributed by atoms with E-state index in [9.17, 15) is 14.4 Å². The van der Waals surface area contributed by atoms with E-state index in [0.717, 1.165) is 5.56 Å². The first-order valence-electron chi connectivity index (χ1n) is 11.2. The molecule has 7 nitrogen and oxygen atoms in total. The van der Waals surface area contributed by atoms with Crippen molar-refractivity contribution < 1.29 is 14.4 Å². The SMILES string of the molecule is CCN(CCc1ccncc1)C1=C(c2ccc(NC(C)=O)cc2)C(=O)N(c2ccccc2)C1=O. The number of nitrogens with zero attached hydrogens (tertiary/aromatic N) is 3. The maximum atomic E-state index is 13.7. The van der Waals surface area contributed by atoms with Crippen molar-refractivity contribution in [2.24, 2.45) is 0 Å². The van der Waals surface area contributed by atoms with Crippen molar-refractivity contribution in [3.05, 3.63) is 95.9 Å². The number of benzene rings is 2. The van der Waals surface area contributed by atoms with Gasteiger partial charge in [0.25, 0.3) is 11.8 Å². The Labute approximate surface area is 198 Å². The first kappa shape index (κ1) is 22.9. The number of anilines is 2. The van der Waals surface area contributed by atoms with E-state index in [1.165, 1.54) is 11.8 Å². The van der Waals surface area contributed by atoms with Gasteiger partial charge < -0.3 is 10.2 Å². The van der Waals surface area contributed by atoms with Gasteiger partial charge in [0.05, 0.1) is 11.3 Å². The Balaban J connectivity index is 1.74. The molecule has 2 aromatic carbocycles. The molecule has 4 rings (SSSR count). The highest BCUT2D eigenvalue weighted by molar-refractivity contribution is 6.45. The maximum Gasteiger partial charge on any atom is 0.282 e.